The van der Waals surface area contributed by atoms with Gasteiger partial charge in [0.15, 0.2) is 0 Å². The molecule has 0 fully saturated rings. The Kier molecular flexibility index (Phi) is 11.7. The molecule has 0 aliphatic rings. The zero-order valence-corrected chi connectivity index (χ0v) is 21.2. The van der Waals surface area contributed by atoms with Crippen LogP contribution in [0.15, 0.2) is 60.7 Å². The van der Waals surface area contributed by atoms with Gasteiger partial charge in [0.1, 0.15) is 18.2 Å². The normalized spacial score (nSPS) is 15.1. The fraction of sp³-hybridized carbons (Fsp3) is 0.407. The number of nitrogens with zero attached hydrogens (tertiary/aromatic N) is 1. The van der Waals surface area contributed by atoms with E-state index in [2.05, 4.69) is 16.1 Å². The number of amides is 2. The van der Waals surface area contributed by atoms with E-state index in [1.165, 1.54) is 11.9 Å². The lowest BCUT2D eigenvalue weighted by molar-refractivity contribution is -0.121. The molecule has 2 rings (SSSR count). The molecule has 0 spiro atoms. The van der Waals surface area contributed by atoms with Crippen LogP contribution in [0.1, 0.15) is 37.8 Å². The van der Waals surface area contributed by atoms with Gasteiger partial charge in [-0.2, -0.15) is 5.01 Å². The summed E-state index contributed by atoms with van der Waals surface area (Å²) in [6.07, 6.45) is 0.141. The summed E-state index contributed by atoms with van der Waals surface area (Å²) in [6, 6.07) is 17.3. The lowest BCUT2D eigenvalue weighted by Crippen LogP contribution is -2.72. The molecule has 2 aromatic carbocycles. The van der Waals surface area contributed by atoms with Crippen molar-refractivity contribution in [1.82, 2.24) is 21.1 Å². The minimum atomic E-state index is -1.53. The van der Waals surface area contributed by atoms with Crippen LogP contribution in [0.2, 0.25) is 0 Å². The van der Waals surface area contributed by atoms with Crippen molar-refractivity contribution in [3.05, 3.63) is 71.8 Å². The van der Waals surface area contributed by atoms with E-state index >= 15 is 0 Å². The Bertz CT molecular complexity index is 1010. The molecule has 2 aromatic rings. The van der Waals surface area contributed by atoms with Crippen molar-refractivity contribution >= 4 is 24.8 Å². The molecule has 10 heteroatoms. The third-order valence-corrected chi connectivity index (χ3v) is 6.29. The average Bonchev–Trinajstić information content (AvgIpc) is 2.88. The minimum Gasteiger partial charge on any atom is -0.465 e. The number of benzene rings is 2. The van der Waals surface area contributed by atoms with Crippen molar-refractivity contribution in [3.63, 3.8) is 0 Å². The second-order valence-electron chi connectivity index (χ2n) is 9.09. The van der Waals surface area contributed by atoms with Crippen molar-refractivity contribution in [2.45, 2.75) is 57.3 Å². The highest BCUT2D eigenvalue weighted by molar-refractivity contribution is 5.68. The Morgan fingerprint density at radius 2 is 1.51 bits per heavy atom. The Hall–Kier alpha value is -3.76. The van der Waals surface area contributed by atoms with E-state index in [1.54, 1.807) is 6.92 Å². The zero-order chi connectivity index (χ0) is 27.3. The summed E-state index contributed by atoms with van der Waals surface area (Å²) in [5.74, 6) is -0.478. The van der Waals surface area contributed by atoms with Crippen molar-refractivity contribution in [2.75, 3.05) is 6.54 Å². The smallest absolute Gasteiger partial charge is 0.419 e. The number of hydrogen-bond donors (Lipinski definition) is 5. The van der Waals surface area contributed by atoms with E-state index in [-0.39, 0.29) is 12.5 Å². The summed E-state index contributed by atoms with van der Waals surface area (Å²) < 4.78 is 0. The van der Waals surface area contributed by atoms with Crippen LogP contribution in [0, 0.1) is 5.92 Å². The first kappa shape index (κ1) is 29.5. The van der Waals surface area contributed by atoms with Crippen LogP contribution in [0.5, 0.6) is 0 Å². The van der Waals surface area contributed by atoms with Crippen molar-refractivity contribution < 1.29 is 29.4 Å². The average molecular weight is 513 g/mol. The van der Waals surface area contributed by atoms with Gasteiger partial charge in [-0.3, -0.25) is 5.43 Å². The molecule has 5 N–H and O–H groups in total. The van der Waals surface area contributed by atoms with Crippen molar-refractivity contribution in [2.24, 2.45) is 5.92 Å². The lowest BCUT2D eigenvalue weighted by Gasteiger charge is -2.49. The Balaban J connectivity index is 2.65. The highest BCUT2D eigenvalue weighted by Crippen LogP contribution is 2.34. The van der Waals surface area contributed by atoms with Crippen LogP contribution in [0.25, 0.3) is 0 Å². The molecule has 0 radical (unpaired) electrons. The van der Waals surface area contributed by atoms with Crippen LogP contribution in [-0.4, -0.2) is 64.3 Å². The zero-order valence-electron chi connectivity index (χ0n) is 21.2. The van der Waals surface area contributed by atoms with Gasteiger partial charge in [-0.25, -0.2) is 9.59 Å². The number of hydrogen-bond acceptors (Lipinski definition) is 6. The fourth-order valence-corrected chi connectivity index (χ4v) is 4.59. The predicted octanol–water partition coefficient (Wildman–Crippen LogP) is 3.08. The SMILES string of the molecule is CC(C=O)NCCC[C@@H](Cc1ccccc1)C(Cc1ccccc1)(NC(=O)O)N(NC(=O)O)[C@@H](C)C=O. The largest absolute Gasteiger partial charge is 0.465 e. The van der Waals surface area contributed by atoms with Gasteiger partial charge in [-0.05, 0) is 50.8 Å². The van der Waals surface area contributed by atoms with Crippen molar-refractivity contribution in [1.29, 1.82) is 0 Å². The van der Waals surface area contributed by atoms with Gasteiger partial charge in [0.05, 0.1) is 12.1 Å². The number of carbonyl (C=O) groups is 4. The molecule has 0 heterocycles. The first-order chi connectivity index (χ1) is 17.7. The Morgan fingerprint density at radius 1 is 0.919 bits per heavy atom. The molecule has 0 saturated heterocycles. The monoisotopic (exact) mass is 512 g/mol. The number of rotatable bonds is 16. The third kappa shape index (κ3) is 9.00. The molecule has 0 bridgehead atoms. The second-order valence-corrected chi connectivity index (χ2v) is 9.09. The molecule has 0 saturated carbocycles. The summed E-state index contributed by atoms with van der Waals surface area (Å²) in [5.41, 5.74) is 2.47. The molecule has 37 heavy (non-hydrogen) atoms. The molecular weight excluding hydrogens is 476 g/mol. The van der Waals surface area contributed by atoms with E-state index < -0.39 is 29.8 Å². The molecule has 4 atom stereocenters. The number of carbonyl (C=O) groups excluding carboxylic acids is 2. The Morgan fingerprint density at radius 3 is 2.03 bits per heavy atom. The summed E-state index contributed by atoms with van der Waals surface area (Å²) in [4.78, 5) is 47.1. The van der Waals surface area contributed by atoms with E-state index in [9.17, 15) is 29.4 Å². The fourth-order valence-electron chi connectivity index (χ4n) is 4.59. The van der Waals surface area contributed by atoms with Crippen LogP contribution in [0.3, 0.4) is 0 Å². The highest BCUT2D eigenvalue weighted by atomic mass is 16.4. The number of carboxylic acid groups (broad SMARTS) is 2. The van der Waals surface area contributed by atoms with E-state index in [0.29, 0.717) is 32.1 Å². The summed E-state index contributed by atoms with van der Waals surface area (Å²) >= 11 is 0. The summed E-state index contributed by atoms with van der Waals surface area (Å²) in [6.45, 7) is 3.75. The summed E-state index contributed by atoms with van der Waals surface area (Å²) in [7, 11) is 0. The lowest BCUT2D eigenvalue weighted by atomic mass is 9.78. The van der Waals surface area contributed by atoms with Crippen molar-refractivity contribution in [3.8, 4) is 0 Å². The van der Waals surface area contributed by atoms with Gasteiger partial charge in [0.25, 0.3) is 0 Å². The first-order valence-electron chi connectivity index (χ1n) is 12.2. The quantitative estimate of drug-likeness (QED) is 0.0997. The van der Waals surface area contributed by atoms with Gasteiger partial charge in [-0.15, -0.1) is 0 Å². The second kappa shape index (κ2) is 14.7. The predicted molar refractivity (Wildman–Crippen MR) is 139 cm³/mol. The third-order valence-electron chi connectivity index (χ3n) is 6.29. The maximum absolute atomic E-state index is 12.3. The Labute approximate surface area is 217 Å². The number of hydrazine groups is 1. The van der Waals surface area contributed by atoms with Crippen LogP contribution >= 0.6 is 0 Å². The van der Waals surface area contributed by atoms with Gasteiger partial charge in [-0.1, -0.05) is 60.7 Å². The summed E-state index contributed by atoms with van der Waals surface area (Å²) in [5, 5.41) is 26.6. The van der Waals surface area contributed by atoms with E-state index in [0.717, 1.165) is 17.4 Å². The van der Waals surface area contributed by atoms with Gasteiger partial charge < -0.3 is 30.4 Å². The maximum atomic E-state index is 12.3. The number of aldehydes is 2. The standard InChI is InChI=1S/C27H36N4O6/c1-20(18-32)28-15-9-14-24(16-22-10-5-3-6-11-22)27(29-25(34)35,17-23-12-7-4-8-13-23)31(21(2)19-33)30-26(36)37/h3-8,10-13,18-21,24,28-30H,9,14-17H2,1-2H3,(H,34,35)(H,36,37)/t20?,21-,24-,27?/m0/s1. The molecule has 0 aliphatic heterocycles. The molecule has 10 nitrogen and oxygen atoms in total. The van der Waals surface area contributed by atoms with Gasteiger partial charge >= 0.3 is 12.2 Å². The molecule has 200 valence electrons. The van der Waals surface area contributed by atoms with Crippen LogP contribution in [0.4, 0.5) is 9.59 Å². The molecule has 2 unspecified atom stereocenters. The highest BCUT2D eigenvalue weighted by Gasteiger charge is 2.48. The molecular formula is C27H36N4O6. The number of nitrogens with one attached hydrogen (secondary N) is 3. The van der Waals surface area contributed by atoms with E-state index in [1.807, 2.05) is 60.7 Å². The van der Waals surface area contributed by atoms with Gasteiger partial charge in [0.2, 0.25) is 0 Å². The van der Waals surface area contributed by atoms with Crippen LogP contribution in [-0.2, 0) is 22.4 Å². The maximum Gasteiger partial charge on any atom is 0.419 e. The topological polar surface area (TPSA) is 148 Å². The van der Waals surface area contributed by atoms with Gasteiger partial charge in [0, 0.05) is 12.3 Å². The molecule has 0 aliphatic carbocycles. The molecule has 0 aromatic heterocycles. The first-order valence-corrected chi connectivity index (χ1v) is 12.2. The van der Waals surface area contributed by atoms with E-state index in [4.69, 9.17) is 0 Å². The molecule has 2 amide bonds. The minimum absolute atomic E-state index is 0.0915. The van der Waals surface area contributed by atoms with Crippen LogP contribution < -0.4 is 16.1 Å².